The predicted molar refractivity (Wildman–Crippen MR) is 97.8 cm³/mol. The maximum absolute atomic E-state index is 12.8. The second kappa shape index (κ2) is 6.72. The number of benzene rings is 2. The zero-order chi connectivity index (χ0) is 17.9. The van der Waals surface area contributed by atoms with Gasteiger partial charge >= 0.3 is 5.69 Å². The van der Waals surface area contributed by atoms with Gasteiger partial charge in [-0.2, -0.15) is 0 Å². The van der Waals surface area contributed by atoms with Gasteiger partial charge in [0.1, 0.15) is 0 Å². The number of carbonyl (C=O) groups excluding carboxylic acids is 1. The van der Waals surface area contributed by atoms with E-state index in [1.807, 2.05) is 41.1 Å². The summed E-state index contributed by atoms with van der Waals surface area (Å²) >= 11 is 0. The van der Waals surface area contributed by atoms with Crippen LogP contribution in [0.15, 0.2) is 72.0 Å². The molecule has 1 atom stereocenters. The fraction of sp³-hybridized carbons (Fsp3) is 0.105. The molecule has 0 aliphatic rings. The van der Waals surface area contributed by atoms with Gasteiger partial charge in [-0.25, -0.2) is 9.78 Å². The fourth-order valence-electron chi connectivity index (χ4n) is 2.94. The molecule has 130 valence electrons. The van der Waals surface area contributed by atoms with Gasteiger partial charge in [-0.05, 0) is 23.8 Å². The van der Waals surface area contributed by atoms with Gasteiger partial charge in [0.05, 0.1) is 23.4 Å². The van der Waals surface area contributed by atoms with Crippen molar-refractivity contribution in [2.75, 3.05) is 0 Å². The summed E-state index contributed by atoms with van der Waals surface area (Å²) < 4.78 is 1.92. The van der Waals surface area contributed by atoms with Crippen LogP contribution in [0.25, 0.3) is 11.0 Å². The number of hydrogen-bond acceptors (Lipinski definition) is 3. The van der Waals surface area contributed by atoms with E-state index in [0.717, 1.165) is 5.56 Å². The van der Waals surface area contributed by atoms with Crippen LogP contribution in [-0.4, -0.2) is 25.4 Å². The lowest BCUT2D eigenvalue weighted by molar-refractivity contribution is 0.0933. The van der Waals surface area contributed by atoms with Crippen LogP contribution in [0.3, 0.4) is 0 Å². The molecule has 0 aliphatic carbocycles. The predicted octanol–water partition coefficient (Wildman–Crippen LogP) is 2.22. The monoisotopic (exact) mass is 347 g/mol. The van der Waals surface area contributed by atoms with Crippen molar-refractivity contribution in [1.82, 2.24) is 24.8 Å². The minimum atomic E-state index is -0.292. The molecule has 0 aliphatic heterocycles. The van der Waals surface area contributed by atoms with Crippen molar-refractivity contribution in [3.05, 3.63) is 88.9 Å². The molecule has 0 unspecified atom stereocenters. The Morgan fingerprint density at radius 3 is 2.69 bits per heavy atom. The average molecular weight is 347 g/mol. The van der Waals surface area contributed by atoms with Crippen LogP contribution in [0.2, 0.25) is 0 Å². The summed E-state index contributed by atoms with van der Waals surface area (Å²) in [6, 6.07) is 14.7. The van der Waals surface area contributed by atoms with Crippen molar-refractivity contribution in [3.63, 3.8) is 0 Å². The Morgan fingerprint density at radius 2 is 1.92 bits per heavy atom. The molecule has 0 radical (unpaired) electrons. The summed E-state index contributed by atoms with van der Waals surface area (Å²) in [6.07, 6.45) is 5.29. The highest BCUT2D eigenvalue weighted by molar-refractivity contribution is 5.97. The van der Waals surface area contributed by atoms with Crippen LogP contribution >= 0.6 is 0 Å². The number of rotatable bonds is 5. The fourth-order valence-corrected chi connectivity index (χ4v) is 2.94. The van der Waals surface area contributed by atoms with Crippen LogP contribution in [0.1, 0.15) is 22.0 Å². The van der Waals surface area contributed by atoms with Crippen molar-refractivity contribution in [1.29, 1.82) is 0 Å². The third-order valence-electron chi connectivity index (χ3n) is 4.24. The highest BCUT2D eigenvalue weighted by Crippen LogP contribution is 2.17. The van der Waals surface area contributed by atoms with Crippen molar-refractivity contribution < 1.29 is 4.79 Å². The van der Waals surface area contributed by atoms with E-state index >= 15 is 0 Å². The largest absolute Gasteiger partial charge is 0.343 e. The van der Waals surface area contributed by atoms with Gasteiger partial charge in [-0.15, -0.1) is 0 Å². The van der Waals surface area contributed by atoms with E-state index in [9.17, 15) is 9.59 Å². The lowest BCUT2D eigenvalue weighted by atomic mass is 10.1. The first-order valence-corrected chi connectivity index (χ1v) is 8.22. The molecule has 7 heteroatoms. The minimum absolute atomic E-state index is 0.206. The molecule has 1 amide bonds. The number of aromatic nitrogens is 4. The number of amides is 1. The summed E-state index contributed by atoms with van der Waals surface area (Å²) in [5.41, 5.74) is 2.47. The molecule has 4 aromatic rings. The van der Waals surface area contributed by atoms with E-state index in [0.29, 0.717) is 23.1 Å². The molecule has 0 saturated heterocycles. The molecular formula is C19H17N5O2. The van der Waals surface area contributed by atoms with E-state index < -0.39 is 0 Å². The number of carbonyl (C=O) groups is 1. The van der Waals surface area contributed by atoms with Crippen LogP contribution in [-0.2, 0) is 6.54 Å². The van der Waals surface area contributed by atoms with E-state index in [1.165, 1.54) is 0 Å². The maximum Gasteiger partial charge on any atom is 0.323 e. The van der Waals surface area contributed by atoms with Gasteiger partial charge in [-0.3, -0.25) is 4.79 Å². The third-order valence-corrected chi connectivity index (χ3v) is 4.24. The molecule has 3 N–H and O–H groups in total. The summed E-state index contributed by atoms with van der Waals surface area (Å²) in [5.74, 6) is -0.206. The second-order valence-electron chi connectivity index (χ2n) is 6.04. The van der Waals surface area contributed by atoms with Gasteiger partial charge in [0, 0.05) is 24.5 Å². The van der Waals surface area contributed by atoms with Crippen LogP contribution in [0.5, 0.6) is 0 Å². The summed E-state index contributed by atoms with van der Waals surface area (Å²) in [5, 5.41) is 3.07. The maximum atomic E-state index is 12.8. The Kier molecular flexibility index (Phi) is 4.10. The minimum Gasteiger partial charge on any atom is -0.343 e. The summed E-state index contributed by atoms with van der Waals surface area (Å²) in [7, 11) is 0. The van der Waals surface area contributed by atoms with Crippen molar-refractivity contribution in [3.8, 4) is 0 Å². The van der Waals surface area contributed by atoms with Gasteiger partial charge in [0.15, 0.2) is 0 Å². The van der Waals surface area contributed by atoms with E-state index in [-0.39, 0.29) is 17.6 Å². The summed E-state index contributed by atoms with van der Waals surface area (Å²) in [6.45, 7) is 0.568. The second-order valence-corrected chi connectivity index (χ2v) is 6.04. The standard InChI is InChI=1S/C19H17N5O2/c25-18(14-6-7-15-16(10-14)23-19(26)22-15)21-17(11-24-9-8-20-12-24)13-4-2-1-3-5-13/h1-10,12,17H,11H2,(H,21,25)(H2,22,23,26)/t17-/m1/s1. The first-order chi connectivity index (χ1) is 12.7. The number of nitrogens with zero attached hydrogens (tertiary/aromatic N) is 2. The average Bonchev–Trinajstić information content (AvgIpc) is 3.29. The lowest BCUT2D eigenvalue weighted by Crippen LogP contribution is -2.31. The first kappa shape index (κ1) is 15.9. The Hall–Kier alpha value is -3.61. The quantitative estimate of drug-likeness (QED) is 0.516. The van der Waals surface area contributed by atoms with Gasteiger partial charge < -0.3 is 19.9 Å². The lowest BCUT2D eigenvalue weighted by Gasteiger charge is -2.20. The van der Waals surface area contributed by atoms with E-state index in [1.54, 1.807) is 30.7 Å². The van der Waals surface area contributed by atoms with Gasteiger partial charge in [0.2, 0.25) is 0 Å². The number of H-pyrrole nitrogens is 2. The molecule has 0 fully saturated rings. The molecule has 2 aromatic carbocycles. The first-order valence-electron chi connectivity index (χ1n) is 8.22. The highest BCUT2D eigenvalue weighted by atomic mass is 16.2. The topological polar surface area (TPSA) is 95.6 Å². The number of fused-ring (bicyclic) bond motifs is 1. The molecule has 2 heterocycles. The highest BCUT2D eigenvalue weighted by Gasteiger charge is 2.17. The van der Waals surface area contributed by atoms with Crippen LogP contribution in [0.4, 0.5) is 0 Å². The van der Waals surface area contributed by atoms with Crippen molar-refractivity contribution in [2.24, 2.45) is 0 Å². The van der Waals surface area contributed by atoms with E-state index in [4.69, 9.17) is 0 Å². The SMILES string of the molecule is O=C(N[C@H](Cn1ccnc1)c1ccccc1)c1ccc2[nH]c(=O)[nH]c2c1. The van der Waals surface area contributed by atoms with Crippen molar-refractivity contribution in [2.45, 2.75) is 12.6 Å². The molecule has 7 nitrogen and oxygen atoms in total. The van der Waals surface area contributed by atoms with Crippen LogP contribution in [0, 0.1) is 0 Å². The smallest absolute Gasteiger partial charge is 0.323 e. The third kappa shape index (κ3) is 3.27. The molecule has 26 heavy (non-hydrogen) atoms. The number of nitrogens with one attached hydrogen (secondary N) is 3. The Bertz CT molecular complexity index is 1080. The normalized spacial score (nSPS) is 12.2. The number of hydrogen-bond donors (Lipinski definition) is 3. The van der Waals surface area contributed by atoms with Crippen molar-refractivity contribution >= 4 is 16.9 Å². The zero-order valence-electron chi connectivity index (χ0n) is 13.8. The number of aromatic amines is 2. The van der Waals surface area contributed by atoms with Gasteiger partial charge in [0.25, 0.3) is 5.91 Å². The van der Waals surface area contributed by atoms with Crippen LogP contribution < -0.4 is 11.0 Å². The van der Waals surface area contributed by atoms with E-state index in [2.05, 4.69) is 20.3 Å². The molecule has 0 saturated carbocycles. The Labute approximate surface area is 148 Å². The van der Waals surface area contributed by atoms with Gasteiger partial charge in [-0.1, -0.05) is 30.3 Å². The molecule has 4 rings (SSSR count). The zero-order valence-corrected chi connectivity index (χ0v) is 13.8. The molecular weight excluding hydrogens is 330 g/mol. The molecule has 2 aromatic heterocycles. The Balaban J connectivity index is 1.61. The number of imidazole rings is 2. The molecule has 0 bridgehead atoms. The molecule has 0 spiro atoms. The Morgan fingerprint density at radius 1 is 1.12 bits per heavy atom. The summed E-state index contributed by atoms with van der Waals surface area (Å²) in [4.78, 5) is 33.6.